The topological polar surface area (TPSA) is 45.3 Å². The number of piperidine rings is 1. The predicted molar refractivity (Wildman–Crippen MR) is 84.1 cm³/mol. The Labute approximate surface area is 125 Å². The van der Waals surface area contributed by atoms with E-state index in [9.17, 15) is 4.79 Å². The number of hydrogen-bond acceptors (Lipinski definition) is 3. The molecule has 0 unspecified atom stereocenters. The Bertz CT molecular complexity index is 647. The van der Waals surface area contributed by atoms with Crippen LogP contribution in [0, 0.1) is 0 Å². The van der Waals surface area contributed by atoms with Gasteiger partial charge in [0.05, 0.1) is 13.7 Å². The van der Waals surface area contributed by atoms with Crippen molar-refractivity contribution >= 4 is 16.7 Å². The highest BCUT2D eigenvalue weighted by Gasteiger charge is 2.22. The van der Waals surface area contributed by atoms with Crippen LogP contribution in [0.1, 0.15) is 36.5 Å². The summed E-state index contributed by atoms with van der Waals surface area (Å²) < 4.78 is 5.26. The summed E-state index contributed by atoms with van der Waals surface area (Å²) in [4.78, 5) is 18.1. The zero-order chi connectivity index (χ0) is 14.8. The van der Waals surface area contributed by atoms with Crippen molar-refractivity contribution in [1.82, 2.24) is 9.88 Å². The molecule has 1 aromatic heterocycles. The fraction of sp³-hybridized carbons (Fsp3) is 0.471. The molecule has 1 N–H and O–H groups in total. The van der Waals surface area contributed by atoms with Crippen molar-refractivity contribution in [3.8, 4) is 5.75 Å². The smallest absolute Gasteiger partial charge is 0.178 e. The van der Waals surface area contributed by atoms with Crippen LogP contribution < -0.4 is 4.74 Å². The molecule has 0 spiro atoms. The van der Waals surface area contributed by atoms with E-state index < -0.39 is 0 Å². The van der Waals surface area contributed by atoms with E-state index in [1.54, 1.807) is 7.11 Å². The van der Waals surface area contributed by atoms with Gasteiger partial charge in [-0.15, -0.1) is 0 Å². The summed E-state index contributed by atoms with van der Waals surface area (Å²) in [7, 11) is 1.64. The second-order valence-corrected chi connectivity index (χ2v) is 5.85. The number of hydrogen-bond donors (Lipinski definition) is 1. The number of carbonyl (C=O) groups excluding carboxylic acids is 1. The van der Waals surface area contributed by atoms with Gasteiger partial charge in [-0.2, -0.15) is 0 Å². The summed E-state index contributed by atoms with van der Waals surface area (Å²) in [5.74, 6) is 0.964. The summed E-state index contributed by atoms with van der Waals surface area (Å²) in [5, 5.41) is 0.948. The molecule has 0 bridgehead atoms. The number of aromatic amines is 1. The van der Waals surface area contributed by atoms with E-state index in [1.807, 2.05) is 24.4 Å². The highest BCUT2D eigenvalue weighted by Crippen LogP contribution is 2.25. The molecule has 1 atom stereocenters. The van der Waals surface area contributed by atoms with Crippen LogP contribution >= 0.6 is 0 Å². The second kappa shape index (κ2) is 5.90. The van der Waals surface area contributed by atoms with E-state index in [2.05, 4.69) is 16.8 Å². The number of nitrogens with zero attached hydrogens (tertiary/aromatic N) is 1. The van der Waals surface area contributed by atoms with Gasteiger partial charge >= 0.3 is 0 Å². The first-order valence-electron chi connectivity index (χ1n) is 7.61. The van der Waals surface area contributed by atoms with Gasteiger partial charge < -0.3 is 9.72 Å². The standard InChI is InChI=1S/C17H22N2O2/c1-12-5-3-4-8-19(12)11-17(20)15-10-18-16-7-6-13(21-2)9-14(15)16/h6-7,9-10,12,18H,3-5,8,11H2,1-2H3/t12-/m0/s1. The molecule has 1 fully saturated rings. The maximum absolute atomic E-state index is 12.6. The number of Topliss-reactive ketones (excluding diaryl/α,β-unsaturated/α-hetero) is 1. The highest BCUT2D eigenvalue weighted by molar-refractivity contribution is 6.09. The fourth-order valence-electron chi connectivity index (χ4n) is 3.12. The third-order valence-electron chi connectivity index (χ3n) is 4.48. The maximum Gasteiger partial charge on any atom is 0.178 e. The van der Waals surface area contributed by atoms with Crippen LogP contribution in [-0.2, 0) is 0 Å². The van der Waals surface area contributed by atoms with Crippen molar-refractivity contribution < 1.29 is 9.53 Å². The van der Waals surface area contributed by atoms with E-state index in [1.165, 1.54) is 19.3 Å². The molecule has 2 heterocycles. The molecule has 0 aliphatic carbocycles. The third kappa shape index (κ3) is 2.81. The SMILES string of the molecule is COc1ccc2[nH]cc(C(=O)CN3CCCC[C@@H]3C)c2c1. The summed E-state index contributed by atoms with van der Waals surface area (Å²) in [6.45, 7) is 3.74. The van der Waals surface area contributed by atoms with E-state index in [0.29, 0.717) is 12.6 Å². The van der Waals surface area contributed by atoms with Crippen LogP contribution in [0.5, 0.6) is 5.75 Å². The zero-order valence-electron chi connectivity index (χ0n) is 12.7. The van der Waals surface area contributed by atoms with Crippen LogP contribution in [0.3, 0.4) is 0 Å². The Kier molecular flexibility index (Phi) is 3.97. The van der Waals surface area contributed by atoms with Gasteiger partial charge in [-0.25, -0.2) is 0 Å². The van der Waals surface area contributed by atoms with Crippen LogP contribution in [-0.4, -0.2) is 41.9 Å². The van der Waals surface area contributed by atoms with Gasteiger partial charge in [0.1, 0.15) is 5.75 Å². The van der Waals surface area contributed by atoms with Crippen LogP contribution in [0.2, 0.25) is 0 Å². The third-order valence-corrected chi connectivity index (χ3v) is 4.48. The van der Waals surface area contributed by atoms with Crippen molar-refractivity contribution in [2.75, 3.05) is 20.2 Å². The molecule has 3 rings (SSSR count). The van der Waals surface area contributed by atoms with Crippen LogP contribution in [0.4, 0.5) is 0 Å². The molecule has 1 aliphatic rings. The van der Waals surface area contributed by atoms with Gasteiger partial charge in [0.2, 0.25) is 0 Å². The summed E-state index contributed by atoms with van der Waals surface area (Å²) >= 11 is 0. The van der Waals surface area contributed by atoms with E-state index in [-0.39, 0.29) is 5.78 Å². The molecular formula is C17H22N2O2. The molecule has 0 amide bonds. The van der Waals surface area contributed by atoms with Gasteiger partial charge in [0, 0.05) is 28.7 Å². The van der Waals surface area contributed by atoms with Crippen molar-refractivity contribution in [1.29, 1.82) is 0 Å². The number of aromatic nitrogens is 1. The first kappa shape index (κ1) is 14.1. The monoisotopic (exact) mass is 286 g/mol. The van der Waals surface area contributed by atoms with E-state index in [0.717, 1.165) is 28.8 Å². The summed E-state index contributed by atoms with van der Waals surface area (Å²) in [6.07, 6.45) is 5.48. The minimum absolute atomic E-state index is 0.184. The number of nitrogens with one attached hydrogen (secondary N) is 1. The largest absolute Gasteiger partial charge is 0.497 e. The van der Waals surface area contributed by atoms with E-state index in [4.69, 9.17) is 4.74 Å². The average molecular weight is 286 g/mol. The highest BCUT2D eigenvalue weighted by atomic mass is 16.5. The first-order valence-corrected chi connectivity index (χ1v) is 7.61. The Morgan fingerprint density at radius 2 is 2.29 bits per heavy atom. The maximum atomic E-state index is 12.6. The molecule has 21 heavy (non-hydrogen) atoms. The Morgan fingerprint density at radius 3 is 3.05 bits per heavy atom. The molecule has 0 saturated carbocycles. The number of H-pyrrole nitrogens is 1. The molecule has 4 heteroatoms. The predicted octanol–water partition coefficient (Wildman–Crippen LogP) is 3.23. The minimum Gasteiger partial charge on any atom is -0.497 e. The molecular weight excluding hydrogens is 264 g/mol. The number of ether oxygens (including phenoxy) is 1. The zero-order valence-corrected chi connectivity index (χ0v) is 12.7. The molecule has 4 nitrogen and oxygen atoms in total. The van der Waals surface area contributed by atoms with Crippen molar-refractivity contribution in [3.05, 3.63) is 30.0 Å². The Hall–Kier alpha value is -1.81. The number of ketones is 1. The second-order valence-electron chi connectivity index (χ2n) is 5.85. The number of rotatable bonds is 4. The lowest BCUT2D eigenvalue weighted by Gasteiger charge is -2.32. The Morgan fingerprint density at radius 1 is 1.43 bits per heavy atom. The lowest BCUT2D eigenvalue weighted by atomic mass is 10.0. The van der Waals surface area contributed by atoms with Crippen LogP contribution in [0.25, 0.3) is 10.9 Å². The quantitative estimate of drug-likeness (QED) is 0.878. The van der Waals surface area contributed by atoms with Crippen molar-refractivity contribution in [2.24, 2.45) is 0 Å². The number of benzene rings is 1. The average Bonchev–Trinajstić information content (AvgIpc) is 2.92. The molecule has 2 aromatic rings. The van der Waals surface area contributed by atoms with Crippen LogP contribution in [0.15, 0.2) is 24.4 Å². The summed E-state index contributed by atoms with van der Waals surface area (Å²) in [5.41, 5.74) is 1.74. The molecule has 0 radical (unpaired) electrons. The van der Waals surface area contributed by atoms with Gasteiger partial charge in [0.15, 0.2) is 5.78 Å². The van der Waals surface area contributed by atoms with Gasteiger partial charge in [-0.05, 0) is 44.5 Å². The van der Waals surface area contributed by atoms with E-state index >= 15 is 0 Å². The van der Waals surface area contributed by atoms with Gasteiger partial charge in [0.25, 0.3) is 0 Å². The molecule has 1 aliphatic heterocycles. The Balaban J connectivity index is 1.84. The molecule has 1 aromatic carbocycles. The lowest BCUT2D eigenvalue weighted by Crippen LogP contribution is -2.40. The van der Waals surface area contributed by atoms with Gasteiger partial charge in [-0.3, -0.25) is 9.69 Å². The lowest BCUT2D eigenvalue weighted by molar-refractivity contribution is 0.0862. The molecule has 112 valence electrons. The fourth-order valence-corrected chi connectivity index (χ4v) is 3.12. The van der Waals surface area contributed by atoms with Gasteiger partial charge in [-0.1, -0.05) is 6.42 Å². The van der Waals surface area contributed by atoms with Crippen molar-refractivity contribution in [3.63, 3.8) is 0 Å². The molecule has 1 saturated heterocycles. The number of fused-ring (bicyclic) bond motifs is 1. The normalized spacial score (nSPS) is 19.8. The van der Waals surface area contributed by atoms with Crippen molar-refractivity contribution in [2.45, 2.75) is 32.2 Å². The first-order chi connectivity index (χ1) is 10.2. The number of carbonyl (C=O) groups is 1. The number of likely N-dealkylation sites (tertiary alicyclic amines) is 1. The number of methoxy groups -OCH3 is 1. The minimum atomic E-state index is 0.184. The summed E-state index contributed by atoms with van der Waals surface area (Å²) in [6, 6.07) is 6.29.